The molecular weight excluding hydrogens is 466 g/mol. The summed E-state index contributed by atoms with van der Waals surface area (Å²) in [7, 11) is 0. The summed E-state index contributed by atoms with van der Waals surface area (Å²) in [5, 5.41) is 9.90. The van der Waals surface area contributed by atoms with Crippen LogP contribution in [0.4, 0.5) is 4.79 Å². The van der Waals surface area contributed by atoms with Gasteiger partial charge in [0.2, 0.25) is 0 Å². The van der Waals surface area contributed by atoms with E-state index in [2.05, 4.69) is 16.0 Å². The van der Waals surface area contributed by atoms with Crippen LogP contribution < -0.4 is 10.5 Å². The highest BCUT2D eigenvalue weighted by Crippen LogP contribution is 2.29. The van der Waals surface area contributed by atoms with Crippen LogP contribution in [0.25, 0.3) is 11.3 Å². The third-order valence-electron chi connectivity index (χ3n) is 5.99. The molecule has 1 aliphatic heterocycles. The Morgan fingerprint density at radius 3 is 2.30 bits per heavy atom. The third-order valence-corrected chi connectivity index (χ3v) is 5.99. The fourth-order valence-corrected chi connectivity index (χ4v) is 4.11. The Bertz CT molecular complexity index is 1300. The summed E-state index contributed by atoms with van der Waals surface area (Å²) in [6.45, 7) is 6.75. The van der Waals surface area contributed by atoms with Gasteiger partial charge in [-0.15, -0.1) is 0 Å². The van der Waals surface area contributed by atoms with Crippen LogP contribution in [-0.2, 0) is 4.74 Å². The van der Waals surface area contributed by atoms with Crippen LogP contribution >= 0.6 is 0 Å². The van der Waals surface area contributed by atoms with Gasteiger partial charge in [-0.2, -0.15) is 5.26 Å². The van der Waals surface area contributed by atoms with E-state index in [1.54, 1.807) is 35.4 Å². The SMILES string of the molecule is CC(C)(C)OC(=O)N1CCC(c2ccnc(/C(C#N)=C(\N)c3ccc(Oc4ccccc4)cc3)n2)CC1. The monoisotopic (exact) mass is 497 g/mol. The van der Waals surface area contributed by atoms with E-state index in [4.69, 9.17) is 15.2 Å². The molecule has 0 atom stereocenters. The molecule has 37 heavy (non-hydrogen) atoms. The van der Waals surface area contributed by atoms with Gasteiger partial charge in [-0.3, -0.25) is 0 Å². The van der Waals surface area contributed by atoms with Crippen molar-refractivity contribution in [1.29, 1.82) is 5.26 Å². The van der Waals surface area contributed by atoms with Gasteiger partial charge in [-0.1, -0.05) is 18.2 Å². The highest BCUT2D eigenvalue weighted by molar-refractivity contribution is 5.94. The van der Waals surface area contributed by atoms with E-state index in [1.807, 2.05) is 57.2 Å². The normalized spacial score (nSPS) is 14.9. The van der Waals surface area contributed by atoms with Gasteiger partial charge in [0.25, 0.3) is 0 Å². The number of ether oxygens (including phenoxy) is 2. The fraction of sp³-hybridized carbons (Fsp3) is 0.310. The molecule has 1 aliphatic rings. The first-order valence-corrected chi connectivity index (χ1v) is 12.3. The van der Waals surface area contributed by atoms with Crippen molar-refractivity contribution in [2.45, 2.75) is 45.1 Å². The van der Waals surface area contributed by atoms with E-state index in [0.717, 1.165) is 24.3 Å². The average molecular weight is 498 g/mol. The molecule has 2 heterocycles. The first kappa shape index (κ1) is 25.7. The molecule has 0 spiro atoms. The van der Waals surface area contributed by atoms with Crippen molar-refractivity contribution >= 4 is 17.4 Å². The summed E-state index contributed by atoms with van der Waals surface area (Å²) in [4.78, 5) is 23.1. The number of nitrogens with two attached hydrogens (primary N) is 1. The van der Waals surface area contributed by atoms with E-state index in [-0.39, 0.29) is 23.4 Å². The van der Waals surface area contributed by atoms with Crippen LogP contribution in [0.5, 0.6) is 11.5 Å². The van der Waals surface area contributed by atoms with E-state index < -0.39 is 5.60 Å². The summed E-state index contributed by atoms with van der Waals surface area (Å²) in [5.41, 5.74) is 7.89. The van der Waals surface area contributed by atoms with Crippen molar-refractivity contribution in [2.24, 2.45) is 5.73 Å². The van der Waals surface area contributed by atoms with Crippen LogP contribution in [0, 0.1) is 11.3 Å². The van der Waals surface area contributed by atoms with Gasteiger partial charge >= 0.3 is 6.09 Å². The summed E-state index contributed by atoms with van der Waals surface area (Å²) < 4.78 is 11.3. The zero-order chi connectivity index (χ0) is 26.4. The molecule has 0 aliphatic carbocycles. The average Bonchev–Trinajstić information content (AvgIpc) is 2.89. The molecule has 3 aromatic rings. The molecule has 1 aromatic heterocycles. The topological polar surface area (TPSA) is 114 Å². The minimum atomic E-state index is -0.523. The number of hydrogen-bond donors (Lipinski definition) is 1. The number of hydrogen-bond acceptors (Lipinski definition) is 7. The number of nitriles is 1. The Labute approximate surface area is 217 Å². The van der Waals surface area contributed by atoms with Gasteiger partial charge in [0.15, 0.2) is 5.82 Å². The van der Waals surface area contributed by atoms with Crippen molar-refractivity contribution in [3.05, 3.63) is 83.9 Å². The molecule has 0 radical (unpaired) electrons. The Hall–Kier alpha value is -4.38. The lowest BCUT2D eigenvalue weighted by atomic mass is 9.93. The molecule has 1 saturated heterocycles. The van der Waals surface area contributed by atoms with Crippen LogP contribution in [0.3, 0.4) is 0 Å². The number of para-hydroxylation sites is 1. The molecule has 2 N–H and O–H groups in total. The molecular formula is C29H31N5O3. The number of carbonyl (C=O) groups is 1. The van der Waals surface area contributed by atoms with Crippen LogP contribution in [0.1, 0.15) is 56.6 Å². The van der Waals surface area contributed by atoms with Gasteiger partial charge in [0.1, 0.15) is 28.7 Å². The van der Waals surface area contributed by atoms with E-state index in [1.165, 1.54) is 0 Å². The molecule has 0 unspecified atom stereocenters. The first-order valence-electron chi connectivity index (χ1n) is 12.3. The minimum absolute atomic E-state index is 0.149. The molecule has 190 valence electrons. The first-order chi connectivity index (χ1) is 17.7. The van der Waals surface area contributed by atoms with E-state index in [0.29, 0.717) is 30.1 Å². The van der Waals surface area contributed by atoms with Crippen LogP contribution in [0.15, 0.2) is 66.9 Å². The zero-order valence-corrected chi connectivity index (χ0v) is 21.3. The smallest absolute Gasteiger partial charge is 0.410 e. The number of carbonyl (C=O) groups excluding carboxylic acids is 1. The van der Waals surface area contributed by atoms with E-state index >= 15 is 0 Å². The highest BCUT2D eigenvalue weighted by Gasteiger charge is 2.28. The summed E-state index contributed by atoms with van der Waals surface area (Å²) in [6.07, 6.45) is 2.86. The number of likely N-dealkylation sites (tertiary alicyclic amines) is 1. The lowest BCUT2D eigenvalue weighted by Gasteiger charge is -2.33. The van der Waals surface area contributed by atoms with Gasteiger partial charge in [0, 0.05) is 30.9 Å². The number of allylic oxidation sites excluding steroid dienone is 1. The summed E-state index contributed by atoms with van der Waals surface area (Å²) >= 11 is 0. The van der Waals surface area contributed by atoms with Gasteiger partial charge in [-0.25, -0.2) is 14.8 Å². The molecule has 0 saturated carbocycles. The second kappa shape index (κ2) is 11.1. The van der Waals surface area contributed by atoms with Crippen LogP contribution in [0.2, 0.25) is 0 Å². The largest absolute Gasteiger partial charge is 0.457 e. The van der Waals surface area contributed by atoms with Crippen molar-refractivity contribution in [2.75, 3.05) is 13.1 Å². The Morgan fingerprint density at radius 1 is 1.03 bits per heavy atom. The quantitative estimate of drug-likeness (QED) is 0.447. The lowest BCUT2D eigenvalue weighted by molar-refractivity contribution is 0.0204. The van der Waals surface area contributed by atoms with E-state index in [9.17, 15) is 10.1 Å². The highest BCUT2D eigenvalue weighted by atomic mass is 16.6. The molecule has 4 rings (SSSR count). The second-order valence-corrected chi connectivity index (χ2v) is 9.89. The maximum atomic E-state index is 12.4. The van der Waals surface area contributed by atoms with Gasteiger partial charge < -0.3 is 20.1 Å². The molecule has 1 fully saturated rings. The molecule has 8 heteroatoms. The minimum Gasteiger partial charge on any atom is -0.457 e. The van der Waals surface area contributed by atoms with Crippen molar-refractivity contribution in [1.82, 2.24) is 14.9 Å². The Morgan fingerprint density at radius 2 is 1.68 bits per heavy atom. The predicted octanol–water partition coefficient (Wildman–Crippen LogP) is 5.73. The maximum absolute atomic E-state index is 12.4. The molecule has 1 amide bonds. The Balaban J connectivity index is 1.47. The number of benzene rings is 2. The van der Waals surface area contributed by atoms with Crippen molar-refractivity contribution in [3.8, 4) is 17.6 Å². The molecule has 8 nitrogen and oxygen atoms in total. The molecule has 0 bridgehead atoms. The summed E-state index contributed by atoms with van der Waals surface area (Å²) in [6, 6.07) is 20.7. The predicted molar refractivity (Wildman–Crippen MR) is 141 cm³/mol. The standard InChI is InChI=1S/C29H31N5O3/c1-29(2,3)37-28(35)34-17-14-20(15-18-34)25-13-16-32-27(33-25)24(19-30)26(31)21-9-11-23(12-10-21)36-22-7-5-4-6-8-22/h4-13,16,20H,14-15,17-18,31H2,1-3H3/b26-24-. The lowest BCUT2D eigenvalue weighted by Crippen LogP contribution is -2.41. The number of amides is 1. The Kier molecular flexibility index (Phi) is 7.73. The summed E-state index contributed by atoms with van der Waals surface area (Å²) in [5.74, 6) is 1.84. The molecule has 2 aromatic carbocycles. The fourth-order valence-electron chi connectivity index (χ4n) is 4.11. The number of aromatic nitrogens is 2. The number of rotatable bonds is 5. The van der Waals surface area contributed by atoms with Crippen LogP contribution in [-0.4, -0.2) is 39.7 Å². The number of piperidine rings is 1. The van der Waals surface area contributed by atoms with Crippen molar-refractivity contribution < 1.29 is 14.3 Å². The zero-order valence-electron chi connectivity index (χ0n) is 21.3. The number of nitrogens with zero attached hydrogens (tertiary/aromatic N) is 4. The third kappa shape index (κ3) is 6.64. The van der Waals surface area contributed by atoms with Gasteiger partial charge in [-0.05, 0) is 81.6 Å². The van der Waals surface area contributed by atoms with Gasteiger partial charge in [0.05, 0.1) is 5.70 Å². The van der Waals surface area contributed by atoms with Crippen molar-refractivity contribution in [3.63, 3.8) is 0 Å². The maximum Gasteiger partial charge on any atom is 0.410 e. The second-order valence-electron chi connectivity index (χ2n) is 9.89.